The number of thiophene rings is 1. The predicted octanol–water partition coefficient (Wildman–Crippen LogP) is 4.33. The van der Waals surface area contributed by atoms with E-state index in [1.54, 1.807) is 6.07 Å². The summed E-state index contributed by atoms with van der Waals surface area (Å²) in [5, 5.41) is 9.68. The molecule has 0 spiro atoms. The first kappa shape index (κ1) is 12.1. The third-order valence-corrected chi connectivity index (χ3v) is 3.97. The third kappa shape index (κ3) is 2.51. The molecule has 2 aromatic rings. The topological polar surface area (TPSA) is 37.3 Å². The lowest BCUT2D eigenvalue weighted by Gasteiger charge is -2.01. The fourth-order valence-electron chi connectivity index (χ4n) is 1.64. The number of benzene rings is 1. The van der Waals surface area contributed by atoms with Gasteiger partial charge in [-0.3, -0.25) is 0 Å². The molecular weight excluding hydrogens is 256 g/mol. The number of hydrogen-bond donors (Lipinski definition) is 1. The Morgan fingerprint density at radius 3 is 2.53 bits per heavy atom. The molecule has 2 rings (SSSR count). The molecular formula is C13H11ClO2S. The SMILES string of the molecule is CCc1cc(C(=O)O)sc1-c1ccc(Cl)cc1. The van der Waals surface area contributed by atoms with Crippen molar-refractivity contribution in [1.29, 1.82) is 0 Å². The number of carbonyl (C=O) groups is 1. The van der Waals surface area contributed by atoms with Gasteiger partial charge in [-0.15, -0.1) is 11.3 Å². The highest BCUT2D eigenvalue weighted by atomic mass is 35.5. The summed E-state index contributed by atoms with van der Waals surface area (Å²) < 4.78 is 0. The van der Waals surface area contributed by atoms with E-state index in [4.69, 9.17) is 16.7 Å². The highest BCUT2D eigenvalue weighted by Gasteiger charge is 2.13. The van der Waals surface area contributed by atoms with Crippen LogP contribution in [0.5, 0.6) is 0 Å². The first-order chi connectivity index (χ1) is 8.11. The second-order valence-corrected chi connectivity index (χ2v) is 5.12. The maximum Gasteiger partial charge on any atom is 0.345 e. The van der Waals surface area contributed by atoms with Gasteiger partial charge >= 0.3 is 5.97 Å². The van der Waals surface area contributed by atoms with Crippen molar-refractivity contribution in [1.82, 2.24) is 0 Å². The minimum Gasteiger partial charge on any atom is -0.477 e. The van der Waals surface area contributed by atoms with Crippen molar-refractivity contribution in [2.24, 2.45) is 0 Å². The highest BCUT2D eigenvalue weighted by Crippen LogP contribution is 2.33. The van der Waals surface area contributed by atoms with E-state index >= 15 is 0 Å². The van der Waals surface area contributed by atoms with Crippen LogP contribution in [0.4, 0.5) is 0 Å². The molecule has 0 aliphatic rings. The van der Waals surface area contributed by atoms with Gasteiger partial charge in [-0.05, 0) is 35.7 Å². The second kappa shape index (κ2) is 4.90. The van der Waals surface area contributed by atoms with Crippen molar-refractivity contribution in [3.05, 3.63) is 45.8 Å². The average molecular weight is 267 g/mol. The van der Waals surface area contributed by atoms with E-state index in [0.29, 0.717) is 9.90 Å². The summed E-state index contributed by atoms with van der Waals surface area (Å²) in [5.41, 5.74) is 2.08. The number of carboxylic acid groups (broad SMARTS) is 1. The Morgan fingerprint density at radius 2 is 2.00 bits per heavy atom. The van der Waals surface area contributed by atoms with E-state index in [0.717, 1.165) is 22.4 Å². The van der Waals surface area contributed by atoms with Gasteiger partial charge in [0.2, 0.25) is 0 Å². The molecule has 1 aromatic heterocycles. The summed E-state index contributed by atoms with van der Waals surface area (Å²) in [5.74, 6) is -0.870. The predicted molar refractivity (Wildman–Crippen MR) is 71.1 cm³/mol. The van der Waals surface area contributed by atoms with E-state index in [-0.39, 0.29) is 0 Å². The van der Waals surface area contributed by atoms with Crippen molar-refractivity contribution >= 4 is 28.9 Å². The monoisotopic (exact) mass is 266 g/mol. The molecule has 0 unspecified atom stereocenters. The van der Waals surface area contributed by atoms with Crippen molar-refractivity contribution in [2.45, 2.75) is 13.3 Å². The molecule has 0 amide bonds. The van der Waals surface area contributed by atoms with Gasteiger partial charge in [0, 0.05) is 9.90 Å². The van der Waals surface area contributed by atoms with Gasteiger partial charge in [0.25, 0.3) is 0 Å². The Morgan fingerprint density at radius 1 is 1.35 bits per heavy atom. The Hall–Kier alpha value is -1.32. The summed E-state index contributed by atoms with van der Waals surface area (Å²) in [4.78, 5) is 12.4. The molecule has 0 fully saturated rings. The molecule has 1 heterocycles. The number of rotatable bonds is 3. The first-order valence-corrected chi connectivity index (χ1v) is 6.43. The lowest BCUT2D eigenvalue weighted by atomic mass is 10.1. The van der Waals surface area contributed by atoms with E-state index in [1.165, 1.54) is 11.3 Å². The average Bonchev–Trinajstić information content (AvgIpc) is 2.74. The quantitative estimate of drug-likeness (QED) is 0.898. The van der Waals surface area contributed by atoms with E-state index < -0.39 is 5.97 Å². The van der Waals surface area contributed by atoms with Gasteiger partial charge in [0.1, 0.15) is 4.88 Å². The van der Waals surface area contributed by atoms with Crippen LogP contribution < -0.4 is 0 Å². The lowest BCUT2D eigenvalue weighted by Crippen LogP contribution is -1.90. The Kier molecular flexibility index (Phi) is 3.50. The number of carboxylic acids is 1. The minimum absolute atomic E-state index is 0.381. The summed E-state index contributed by atoms with van der Waals surface area (Å²) >= 11 is 7.15. The van der Waals surface area contributed by atoms with Crippen molar-refractivity contribution in [3.63, 3.8) is 0 Å². The van der Waals surface area contributed by atoms with Crippen LogP contribution >= 0.6 is 22.9 Å². The maximum absolute atomic E-state index is 11.0. The van der Waals surface area contributed by atoms with Crippen LogP contribution in [0.3, 0.4) is 0 Å². The van der Waals surface area contributed by atoms with E-state index in [1.807, 2.05) is 31.2 Å². The Labute approximate surface area is 108 Å². The van der Waals surface area contributed by atoms with Gasteiger partial charge in [-0.25, -0.2) is 4.79 Å². The first-order valence-electron chi connectivity index (χ1n) is 5.23. The zero-order valence-electron chi connectivity index (χ0n) is 9.24. The molecule has 0 saturated carbocycles. The molecule has 0 aliphatic heterocycles. The fraction of sp³-hybridized carbons (Fsp3) is 0.154. The van der Waals surface area contributed by atoms with Crippen molar-refractivity contribution in [3.8, 4) is 10.4 Å². The summed E-state index contributed by atoms with van der Waals surface area (Å²) in [7, 11) is 0. The molecule has 88 valence electrons. The van der Waals surface area contributed by atoms with Crippen LogP contribution in [0, 0.1) is 0 Å². The van der Waals surface area contributed by atoms with Crippen LogP contribution in [0.15, 0.2) is 30.3 Å². The molecule has 4 heteroatoms. The number of aryl methyl sites for hydroxylation is 1. The minimum atomic E-state index is -0.870. The van der Waals surface area contributed by atoms with Crippen LogP contribution in [0.25, 0.3) is 10.4 Å². The fourth-order valence-corrected chi connectivity index (χ4v) is 2.87. The summed E-state index contributed by atoms with van der Waals surface area (Å²) in [6, 6.07) is 9.21. The lowest BCUT2D eigenvalue weighted by molar-refractivity contribution is 0.0702. The molecule has 17 heavy (non-hydrogen) atoms. The van der Waals surface area contributed by atoms with Gasteiger partial charge in [0.15, 0.2) is 0 Å². The van der Waals surface area contributed by atoms with Crippen LogP contribution in [-0.2, 0) is 6.42 Å². The molecule has 0 radical (unpaired) electrons. The van der Waals surface area contributed by atoms with Crippen LogP contribution in [0.1, 0.15) is 22.2 Å². The van der Waals surface area contributed by atoms with Crippen molar-refractivity contribution < 1.29 is 9.90 Å². The van der Waals surface area contributed by atoms with E-state index in [9.17, 15) is 4.79 Å². The third-order valence-electron chi connectivity index (χ3n) is 2.51. The van der Waals surface area contributed by atoms with Gasteiger partial charge in [0.05, 0.1) is 0 Å². The zero-order valence-corrected chi connectivity index (χ0v) is 10.8. The summed E-state index contributed by atoms with van der Waals surface area (Å²) in [6.45, 7) is 2.02. The molecule has 0 aliphatic carbocycles. The number of aromatic carboxylic acids is 1. The van der Waals surface area contributed by atoms with E-state index in [2.05, 4.69) is 0 Å². The molecule has 0 bridgehead atoms. The smallest absolute Gasteiger partial charge is 0.345 e. The van der Waals surface area contributed by atoms with Crippen molar-refractivity contribution in [2.75, 3.05) is 0 Å². The second-order valence-electron chi connectivity index (χ2n) is 3.63. The van der Waals surface area contributed by atoms with Crippen LogP contribution in [0.2, 0.25) is 5.02 Å². The molecule has 2 nitrogen and oxygen atoms in total. The number of halogens is 1. The Balaban J connectivity index is 2.50. The zero-order chi connectivity index (χ0) is 12.4. The normalized spacial score (nSPS) is 10.5. The molecule has 0 saturated heterocycles. The largest absolute Gasteiger partial charge is 0.477 e. The molecule has 1 N–H and O–H groups in total. The van der Waals surface area contributed by atoms with Crippen LogP contribution in [-0.4, -0.2) is 11.1 Å². The van der Waals surface area contributed by atoms with Gasteiger partial charge < -0.3 is 5.11 Å². The summed E-state index contributed by atoms with van der Waals surface area (Å²) in [6.07, 6.45) is 0.821. The molecule has 1 aromatic carbocycles. The highest BCUT2D eigenvalue weighted by molar-refractivity contribution is 7.17. The maximum atomic E-state index is 11.0. The Bertz CT molecular complexity index is 543. The van der Waals surface area contributed by atoms with Gasteiger partial charge in [-0.2, -0.15) is 0 Å². The standard InChI is InChI=1S/C13H11ClO2S/c1-2-8-7-11(13(15)16)17-12(8)9-3-5-10(14)6-4-9/h3-7H,2H2,1H3,(H,15,16). The number of hydrogen-bond acceptors (Lipinski definition) is 2. The van der Waals surface area contributed by atoms with Gasteiger partial charge in [-0.1, -0.05) is 30.7 Å². The molecule has 0 atom stereocenters.